The summed E-state index contributed by atoms with van der Waals surface area (Å²) >= 11 is 0. The number of rotatable bonds is 9. The molecule has 3 atom stereocenters. The third-order valence-corrected chi connectivity index (χ3v) is 10.0. The van der Waals surface area contributed by atoms with Gasteiger partial charge in [-0.3, -0.25) is 0 Å². The molecule has 0 fully saturated rings. The van der Waals surface area contributed by atoms with Crippen LogP contribution in [0.2, 0.25) is 0 Å². The first-order valence-electron chi connectivity index (χ1n) is 17.0. The van der Waals surface area contributed by atoms with Crippen LogP contribution in [0.15, 0.2) is 145 Å². The second-order valence-corrected chi connectivity index (χ2v) is 13.7. The Kier molecular flexibility index (Phi) is 9.23. The van der Waals surface area contributed by atoms with Gasteiger partial charge < -0.3 is 9.80 Å². The maximum atomic E-state index is 4.70. The van der Waals surface area contributed by atoms with Crippen LogP contribution in [0.4, 0.5) is 22.7 Å². The van der Waals surface area contributed by atoms with Crippen LogP contribution in [0, 0.1) is 31.6 Å². The molecule has 0 radical (unpaired) electrons. The largest absolute Gasteiger partial charge is 0.333 e. The Balaban J connectivity index is 1.69. The summed E-state index contributed by atoms with van der Waals surface area (Å²) in [6.07, 6.45) is 11.4. The summed E-state index contributed by atoms with van der Waals surface area (Å²) in [6.45, 7) is 20.5. The van der Waals surface area contributed by atoms with Gasteiger partial charge in [0, 0.05) is 44.5 Å². The fraction of sp³-hybridized carbons (Fsp3) is 0.244. The molecule has 0 amide bonds. The number of aryl methyl sites for hydroxylation is 2. The van der Waals surface area contributed by atoms with Gasteiger partial charge in [-0.1, -0.05) is 137 Å². The first kappa shape index (κ1) is 32.1. The van der Waals surface area contributed by atoms with Crippen molar-refractivity contribution < 1.29 is 0 Å². The van der Waals surface area contributed by atoms with E-state index in [2.05, 4.69) is 186 Å². The van der Waals surface area contributed by atoms with Crippen LogP contribution in [0.25, 0.3) is 21.5 Å². The lowest BCUT2D eigenvalue weighted by atomic mass is 9.86. The van der Waals surface area contributed by atoms with Crippen molar-refractivity contribution in [3.05, 3.63) is 156 Å². The molecule has 6 rings (SSSR count). The molecular weight excluding hydrogens is 569 g/mol. The number of nitrogens with zero attached hydrogens (tertiary/aromatic N) is 2. The molecule has 5 aromatic rings. The van der Waals surface area contributed by atoms with Gasteiger partial charge in [0.25, 0.3) is 0 Å². The molecule has 0 aliphatic heterocycles. The Hall–Kier alpha value is -4.82. The lowest BCUT2D eigenvalue weighted by molar-refractivity contribution is 0.504. The number of benzene rings is 5. The Morgan fingerprint density at radius 2 is 1.23 bits per heavy atom. The zero-order valence-electron chi connectivity index (χ0n) is 29.0. The molecule has 0 heterocycles. The quantitative estimate of drug-likeness (QED) is 0.0923. The predicted molar refractivity (Wildman–Crippen MR) is 206 cm³/mol. The first-order valence-corrected chi connectivity index (χ1v) is 17.0. The van der Waals surface area contributed by atoms with Crippen molar-refractivity contribution in [2.75, 3.05) is 9.80 Å². The standard InChI is InChI=1S/C45H48N2/c1-30(2)33(5)26-27-35(7)46(37-19-13-16-31(3)28-37)44-39-21-9-11-23-41(39)45(42-24-12-10-22-40(42)44)47(38-20-14-17-32(4)29-38)43-25-15-18-34(6)36(43)8/h9-30,33,36,43H,7H2,1-6,8H3/b27-26-. The second-order valence-electron chi connectivity index (χ2n) is 13.7. The molecule has 0 N–H and O–H groups in total. The van der Waals surface area contributed by atoms with Crippen molar-refractivity contribution in [1.29, 1.82) is 0 Å². The maximum absolute atomic E-state index is 4.70. The monoisotopic (exact) mass is 616 g/mol. The van der Waals surface area contributed by atoms with Crippen LogP contribution in [0.5, 0.6) is 0 Å². The van der Waals surface area contributed by atoms with E-state index in [1.165, 1.54) is 49.6 Å². The normalized spacial score (nSPS) is 17.0. The first-order chi connectivity index (χ1) is 22.7. The zero-order valence-corrected chi connectivity index (χ0v) is 29.0. The molecule has 3 unspecified atom stereocenters. The van der Waals surface area contributed by atoms with E-state index in [1.807, 2.05) is 0 Å². The van der Waals surface area contributed by atoms with Crippen LogP contribution in [0.3, 0.4) is 0 Å². The van der Waals surface area contributed by atoms with E-state index in [0.29, 0.717) is 17.8 Å². The zero-order chi connectivity index (χ0) is 33.2. The minimum Gasteiger partial charge on any atom is -0.333 e. The van der Waals surface area contributed by atoms with Gasteiger partial charge in [0.2, 0.25) is 0 Å². The number of hydrogen-bond acceptors (Lipinski definition) is 2. The van der Waals surface area contributed by atoms with Crippen LogP contribution < -0.4 is 9.80 Å². The average molecular weight is 617 g/mol. The minimum atomic E-state index is 0.155. The molecular formula is C45H48N2. The van der Waals surface area contributed by atoms with Crippen molar-refractivity contribution in [2.45, 2.75) is 54.5 Å². The van der Waals surface area contributed by atoms with E-state index in [-0.39, 0.29) is 6.04 Å². The van der Waals surface area contributed by atoms with E-state index in [4.69, 9.17) is 6.58 Å². The van der Waals surface area contributed by atoms with Gasteiger partial charge in [0.15, 0.2) is 0 Å². The molecule has 1 aliphatic carbocycles. The Bertz CT molecular complexity index is 1970. The van der Waals surface area contributed by atoms with Crippen LogP contribution in [-0.4, -0.2) is 6.04 Å². The molecule has 238 valence electrons. The van der Waals surface area contributed by atoms with E-state index in [0.717, 1.165) is 17.1 Å². The minimum absolute atomic E-state index is 0.155. The summed E-state index contributed by atoms with van der Waals surface area (Å²) in [5, 5.41) is 4.85. The summed E-state index contributed by atoms with van der Waals surface area (Å²) in [4.78, 5) is 4.97. The summed E-state index contributed by atoms with van der Waals surface area (Å²) in [5.41, 5.74) is 9.52. The molecule has 2 nitrogen and oxygen atoms in total. The fourth-order valence-corrected chi connectivity index (χ4v) is 6.79. The molecule has 0 spiro atoms. The summed E-state index contributed by atoms with van der Waals surface area (Å²) < 4.78 is 0. The Morgan fingerprint density at radius 1 is 0.702 bits per heavy atom. The SMILES string of the molecule is C=C(/C=C\C(C)C(C)C)N(c1cccc(C)c1)c1c2ccccc2c(N(c2cccc(C)c2)C2C=CC=C(C)C2C)c2ccccc12. The van der Waals surface area contributed by atoms with E-state index in [9.17, 15) is 0 Å². The number of fused-ring (bicyclic) bond motifs is 2. The predicted octanol–water partition coefficient (Wildman–Crippen LogP) is 12.8. The highest BCUT2D eigenvalue weighted by atomic mass is 15.2. The van der Waals surface area contributed by atoms with Crippen molar-refractivity contribution in [3.63, 3.8) is 0 Å². The van der Waals surface area contributed by atoms with Crippen molar-refractivity contribution >= 4 is 44.3 Å². The van der Waals surface area contributed by atoms with E-state index in [1.54, 1.807) is 0 Å². The molecule has 2 heteroatoms. The molecule has 0 aromatic heterocycles. The van der Waals surface area contributed by atoms with Gasteiger partial charge in [-0.05, 0) is 74.1 Å². The van der Waals surface area contributed by atoms with Gasteiger partial charge in [0.05, 0.1) is 17.4 Å². The summed E-state index contributed by atoms with van der Waals surface area (Å²) in [6, 6.07) is 35.8. The Labute approximate surface area is 282 Å². The maximum Gasteiger partial charge on any atom is 0.0619 e. The van der Waals surface area contributed by atoms with Crippen molar-refractivity contribution in [1.82, 2.24) is 0 Å². The second kappa shape index (κ2) is 13.5. The lowest BCUT2D eigenvalue weighted by Gasteiger charge is -2.40. The van der Waals surface area contributed by atoms with E-state index < -0.39 is 0 Å². The number of allylic oxidation sites excluding steroid dienone is 4. The van der Waals surface area contributed by atoms with Gasteiger partial charge in [-0.2, -0.15) is 0 Å². The third-order valence-electron chi connectivity index (χ3n) is 10.0. The summed E-state index contributed by atoms with van der Waals surface area (Å²) in [7, 11) is 0. The van der Waals surface area contributed by atoms with Crippen LogP contribution in [0.1, 0.15) is 45.7 Å². The van der Waals surface area contributed by atoms with Gasteiger partial charge in [0.1, 0.15) is 0 Å². The van der Waals surface area contributed by atoms with Crippen molar-refractivity contribution in [2.24, 2.45) is 17.8 Å². The third kappa shape index (κ3) is 6.30. The molecule has 0 bridgehead atoms. The fourth-order valence-electron chi connectivity index (χ4n) is 6.79. The smallest absolute Gasteiger partial charge is 0.0619 e. The van der Waals surface area contributed by atoms with Gasteiger partial charge in [-0.15, -0.1) is 0 Å². The highest BCUT2D eigenvalue weighted by Gasteiger charge is 2.31. The molecule has 5 aromatic carbocycles. The lowest BCUT2D eigenvalue weighted by Crippen LogP contribution is -2.37. The topological polar surface area (TPSA) is 6.48 Å². The number of anilines is 4. The molecule has 0 saturated heterocycles. The van der Waals surface area contributed by atoms with Crippen LogP contribution >= 0.6 is 0 Å². The Morgan fingerprint density at radius 3 is 1.79 bits per heavy atom. The highest BCUT2D eigenvalue weighted by molar-refractivity contribution is 6.22. The summed E-state index contributed by atoms with van der Waals surface area (Å²) in [5.74, 6) is 1.33. The van der Waals surface area contributed by atoms with Crippen molar-refractivity contribution in [3.8, 4) is 0 Å². The molecule has 1 aliphatic rings. The van der Waals surface area contributed by atoms with Gasteiger partial charge >= 0.3 is 0 Å². The highest BCUT2D eigenvalue weighted by Crippen LogP contribution is 2.49. The van der Waals surface area contributed by atoms with E-state index >= 15 is 0 Å². The molecule has 0 saturated carbocycles. The number of hydrogen-bond donors (Lipinski definition) is 0. The van der Waals surface area contributed by atoms with Gasteiger partial charge in [-0.25, -0.2) is 0 Å². The van der Waals surface area contributed by atoms with Crippen LogP contribution in [-0.2, 0) is 0 Å². The molecule has 47 heavy (non-hydrogen) atoms. The average Bonchev–Trinajstić information content (AvgIpc) is 3.06.